The molecule has 0 atom stereocenters. The van der Waals surface area contributed by atoms with E-state index in [1.807, 2.05) is 97.1 Å². The van der Waals surface area contributed by atoms with Gasteiger partial charge in [-0.2, -0.15) is 13.2 Å². The zero-order valence-corrected chi connectivity index (χ0v) is 21.5. The average molecular weight is 540 g/mol. The maximum absolute atomic E-state index is 12.6. The quantitative estimate of drug-likeness (QED) is 0.246. The fourth-order valence-corrected chi connectivity index (χ4v) is 4.60. The molecule has 4 rings (SSSR count). The number of hydrogen-bond acceptors (Lipinski definition) is 4. The molecule has 0 aliphatic rings. The summed E-state index contributed by atoms with van der Waals surface area (Å²) in [5.41, 5.74) is 2.35. The summed E-state index contributed by atoms with van der Waals surface area (Å²) in [6, 6.07) is 31.1. The molecule has 37 heavy (non-hydrogen) atoms. The van der Waals surface area contributed by atoms with E-state index < -0.39 is 6.18 Å². The zero-order valence-electron chi connectivity index (χ0n) is 19.8. The van der Waals surface area contributed by atoms with Gasteiger partial charge in [0.1, 0.15) is 10.1 Å². The second kappa shape index (κ2) is 13.6. The van der Waals surface area contributed by atoms with E-state index >= 15 is 0 Å². The highest BCUT2D eigenvalue weighted by Gasteiger charge is 2.15. The van der Waals surface area contributed by atoms with Gasteiger partial charge < -0.3 is 10.6 Å². The van der Waals surface area contributed by atoms with Gasteiger partial charge in [0.05, 0.1) is 5.69 Å². The Morgan fingerprint density at radius 1 is 0.811 bits per heavy atom. The van der Waals surface area contributed by atoms with Gasteiger partial charge >= 0.3 is 12.2 Å². The van der Waals surface area contributed by atoms with Gasteiger partial charge in [0.25, 0.3) is 0 Å². The van der Waals surface area contributed by atoms with E-state index in [2.05, 4.69) is 17.2 Å². The molecule has 9 heteroatoms. The van der Waals surface area contributed by atoms with Crippen molar-refractivity contribution in [1.82, 2.24) is 4.98 Å². The van der Waals surface area contributed by atoms with E-state index in [-0.39, 0.29) is 13.0 Å². The first-order chi connectivity index (χ1) is 17.7. The predicted octanol–water partition coefficient (Wildman–Crippen LogP) is 9.24. The number of nitrogens with one attached hydrogen (secondary N) is 2. The third kappa shape index (κ3) is 10.4. The number of aromatic nitrogens is 1. The molecule has 4 nitrogen and oxygen atoms in total. The Kier molecular flexibility index (Phi) is 10.2. The van der Waals surface area contributed by atoms with E-state index in [0.29, 0.717) is 11.4 Å². The molecule has 2 N–H and O–H groups in total. The van der Waals surface area contributed by atoms with Gasteiger partial charge in [-0.1, -0.05) is 84.7 Å². The Balaban J connectivity index is 0.000000695. The summed E-state index contributed by atoms with van der Waals surface area (Å²) in [5.74, 6) is 0. The molecule has 0 saturated heterocycles. The van der Waals surface area contributed by atoms with Crippen LogP contribution in [0.5, 0.6) is 0 Å². The summed E-state index contributed by atoms with van der Waals surface area (Å²) < 4.78 is 31.1. The molecule has 0 spiro atoms. The first-order valence-corrected chi connectivity index (χ1v) is 12.7. The highest BCUT2D eigenvalue weighted by atomic mass is 32.2. The number of halogens is 3. The van der Waals surface area contributed by atoms with Crippen LogP contribution in [0.25, 0.3) is 6.08 Å². The van der Waals surface area contributed by atoms with Crippen molar-refractivity contribution in [3.8, 4) is 0 Å². The van der Waals surface area contributed by atoms with Gasteiger partial charge in [0, 0.05) is 22.4 Å². The van der Waals surface area contributed by atoms with Crippen molar-refractivity contribution in [3.05, 3.63) is 109 Å². The Morgan fingerprint density at radius 3 is 1.89 bits per heavy atom. The molecule has 1 aromatic heterocycles. The van der Waals surface area contributed by atoms with E-state index in [0.717, 1.165) is 25.4 Å². The standard InChI is InChI=1S/C26H21N3OS2.C2H3F3/c1-2-19-13-15-20(16-14-19)27-26(30)28-23-17-18-24(31-21-9-5-3-6-10-21)29-25(23)32-22-11-7-4-8-12-22;1-2(3,4)5/h2-18H,1H2,(H2,27,28,30);1H3. The van der Waals surface area contributed by atoms with Crippen LogP contribution in [0.4, 0.5) is 29.3 Å². The number of anilines is 2. The molecule has 4 aromatic rings. The second-order valence-electron chi connectivity index (χ2n) is 7.52. The summed E-state index contributed by atoms with van der Waals surface area (Å²) in [6.45, 7) is 3.93. The minimum atomic E-state index is -4.00. The second-order valence-corrected chi connectivity index (χ2v) is 9.67. The maximum Gasteiger partial charge on any atom is 0.386 e. The summed E-state index contributed by atoms with van der Waals surface area (Å²) >= 11 is 3.10. The van der Waals surface area contributed by atoms with Crippen molar-refractivity contribution in [2.45, 2.75) is 32.9 Å². The number of urea groups is 1. The lowest BCUT2D eigenvalue weighted by Gasteiger charge is -2.13. The SMILES string of the molecule is C=Cc1ccc(NC(=O)Nc2ccc(Sc3ccccc3)nc2Sc2ccccc2)cc1.CC(F)(F)F. The van der Waals surface area contributed by atoms with Crippen molar-refractivity contribution >= 4 is 47.0 Å². The van der Waals surface area contributed by atoms with E-state index in [1.54, 1.807) is 17.8 Å². The number of carbonyl (C=O) groups excluding carboxylic acids is 1. The Hall–Kier alpha value is -3.69. The summed E-state index contributed by atoms with van der Waals surface area (Å²) in [4.78, 5) is 19.6. The van der Waals surface area contributed by atoms with Crippen LogP contribution in [0.3, 0.4) is 0 Å². The topological polar surface area (TPSA) is 54.0 Å². The van der Waals surface area contributed by atoms with Crippen LogP contribution in [-0.2, 0) is 0 Å². The number of pyridine rings is 1. The largest absolute Gasteiger partial charge is 0.386 e. The molecule has 190 valence electrons. The lowest BCUT2D eigenvalue weighted by molar-refractivity contribution is -0.110. The van der Waals surface area contributed by atoms with Crippen molar-refractivity contribution in [2.24, 2.45) is 0 Å². The smallest absolute Gasteiger partial charge is 0.308 e. The predicted molar refractivity (Wildman–Crippen MR) is 146 cm³/mol. The Bertz CT molecular complexity index is 1290. The van der Waals surface area contributed by atoms with Crippen LogP contribution in [0.15, 0.2) is 123 Å². The minimum Gasteiger partial charge on any atom is -0.308 e. The van der Waals surface area contributed by atoms with Crippen molar-refractivity contribution < 1.29 is 18.0 Å². The Labute approximate surface area is 222 Å². The molecule has 0 bridgehead atoms. The molecule has 2 amide bonds. The van der Waals surface area contributed by atoms with Gasteiger partial charge in [-0.15, -0.1) is 0 Å². The molecular weight excluding hydrogens is 515 g/mol. The van der Waals surface area contributed by atoms with Crippen LogP contribution in [0.1, 0.15) is 12.5 Å². The van der Waals surface area contributed by atoms with Crippen molar-refractivity contribution in [3.63, 3.8) is 0 Å². The van der Waals surface area contributed by atoms with Gasteiger partial charge in [0.2, 0.25) is 0 Å². The fraction of sp³-hybridized carbons (Fsp3) is 0.0714. The number of benzene rings is 3. The lowest BCUT2D eigenvalue weighted by Crippen LogP contribution is -2.20. The van der Waals surface area contributed by atoms with Crippen molar-refractivity contribution in [2.75, 3.05) is 10.6 Å². The van der Waals surface area contributed by atoms with E-state index in [9.17, 15) is 18.0 Å². The van der Waals surface area contributed by atoms with Crippen LogP contribution in [0.2, 0.25) is 0 Å². The summed E-state index contributed by atoms with van der Waals surface area (Å²) in [5, 5.41) is 7.39. The van der Waals surface area contributed by atoms with E-state index in [4.69, 9.17) is 4.98 Å². The molecule has 0 radical (unpaired) electrons. The lowest BCUT2D eigenvalue weighted by atomic mass is 10.2. The van der Waals surface area contributed by atoms with Crippen LogP contribution in [0, 0.1) is 0 Å². The number of amides is 2. The molecule has 3 aromatic carbocycles. The van der Waals surface area contributed by atoms with Crippen molar-refractivity contribution in [1.29, 1.82) is 0 Å². The normalized spacial score (nSPS) is 10.6. The van der Waals surface area contributed by atoms with Gasteiger partial charge in [0.15, 0.2) is 0 Å². The third-order valence-corrected chi connectivity index (χ3v) is 6.37. The van der Waals surface area contributed by atoms with Gasteiger partial charge in [-0.05, 0) is 54.1 Å². The Morgan fingerprint density at radius 2 is 1.35 bits per heavy atom. The van der Waals surface area contributed by atoms with E-state index in [1.165, 1.54) is 11.8 Å². The monoisotopic (exact) mass is 539 g/mol. The first-order valence-electron chi connectivity index (χ1n) is 11.0. The van der Waals surface area contributed by atoms with Crippen LogP contribution in [-0.4, -0.2) is 17.2 Å². The molecule has 1 heterocycles. The minimum absolute atomic E-state index is 0.188. The average Bonchev–Trinajstić information content (AvgIpc) is 2.86. The van der Waals surface area contributed by atoms with Crippen LogP contribution >= 0.6 is 23.5 Å². The number of alkyl halides is 3. The molecule has 0 aliphatic heterocycles. The van der Waals surface area contributed by atoms with Crippen LogP contribution < -0.4 is 10.6 Å². The highest BCUT2D eigenvalue weighted by Crippen LogP contribution is 2.35. The number of nitrogens with zero attached hydrogens (tertiary/aromatic N) is 1. The molecule has 0 aliphatic carbocycles. The molecular formula is C28H24F3N3OS2. The molecule has 0 saturated carbocycles. The number of hydrogen-bond donors (Lipinski definition) is 2. The number of rotatable bonds is 7. The van der Waals surface area contributed by atoms with Gasteiger partial charge in [-0.25, -0.2) is 9.78 Å². The maximum atomic E-state index is 12.6. The first kappa shape index (κ1) is 27.9. The summed E-state index contributed by atoms with van der Waals surface area (Å²) in [7, 11) is 0. The molecule has 0 unspecified atom stereocenters. The number of carbonyl (C=O) groups is 1. The zero-order chi connectivity index (χ0) is 26.7. The third-order valence-electron chi connectivity index (χ3n) is 4.41. The fourth-order valence-electron chi connectivity index (χ4n) is 2.85. The van der Waals surface area contributed by atoms with Gasteiger partial charge in [-0.3, -0.25) is 0 Å². The highest BCUT2D eigenvalue weighted by molar-refractivity contribution is 8.00. The molecule has 0 fully saturated rings. The summed E-state index contributed by atoms with van der Waals surface area (Å²) in [6.07, 6.45) is -2.24.